The fourth-order valence-corrected chi connectivity index (χ4v) is 9.07. The van der Waals surface area contributed by atoms with Crippen LogP contribution in [0.1, 0.15) is 44.9 Å². The molecule has 3 N–H and O–H groups in total. The first-order chi connectivity index (χ1) is 10.2. The molecule has 3 nitrogen and oxygen atoms in total. The van der Waals surface area contributed by atoms with Gasteiger partial charge in [0.1, 0.15) is 0 Å². The van der Waals surface area contributed by atoms with Crippen LogP contribution < -0.4 is 0 Å². The van der Waals surface area contributed by atoms with Crippen LogP contribution >= 0.6 is 0 Å². The predicted octanol–water partition coefficient (Wildman–Crippen LogP) is 1.80. The number of aliphatic hydroxyl groups is 3. The fraction of sp³-hybridized carbons (Fsp3) is 1.00. The van der Waals surface area contributed by atoms with Crippen molar-refractivity contribution in [3.63, 3.8) is 0 Å². The molecule has 5 aliphatic carbocycles. The molecule has 0 aromatic heterocycles. The lowest BCUT2D eigenvalue weighted by Crippen LogP contribution is -2.61. The number of hydrogen-bond donors (Lipinski definition) is 3. The third-order valence-corrected chi connectivity index (χ3v) is 9.28. The highest BCUT2D eigenvalue weighted by Crippen LogP contribution is 2.86. The third-order valence-electron chi connectivity index (χ3n) is 9.28. The maximum atomic E-state index is 10.6. The van der Waals surface area contributed by atoms with Crippen molar-refractivity contribution >= 4 is 0 Å². The van der Waals surface area contributed by atoms with Gasteiger partial charge in [-0.05, 0) is 68.1 Å². The van der Waals surface area contributed by atoms with Crippen molar-refractivity contribution in [2.24, 2.45) is 45.8 Å². The SMILES string of the molecule is OCC12CCC(C1)C1C3CC(CO)(C4CCCC34)C12CO. The van der Waals surface area contributed by atoms with E-state index in [0.717, 1.165) is 31.1 Å². The molecular weight excluding hydrogens is 264 g/mol. The van der Waals surface area contributed by atoms with E-state index in [1.54, 1.807) is 0 Å². The summed E-state index contributed by atoms with van der Waals surface area (Å²) in [5, 5.41) is 31.3. The highest BCUT2D eigenvalue weighted by Gasteiger charge is 2.83. The normalized spacial score (nSPS) is 63.3. The lowest BCUT2D eigenvalue weighted by atomic mass is 9.44. The lowest BCUT2D eigenvalue weighted by Gasteiger charge is -2.60. The van der Waals surface area contributed by atoms with Gasteiger partial charge in [-0.25, -0.2) is 0 Å². The summed E-state index contributed by atoms with van der Waals surface area (Å²) in [7, 11) is 0. The molecule has 118 valence electrons. The maximum Gasteiger partial charge on any atom is 0.0502 e. The van der Waals surface area contributed by atoms with Crippen molar-refractivity contribution < 1.29 is 15.3 Å². The predicted molar refractivity (Wildman–Crippen MR) is 78.3 cm³/mol. The topological polar surface area (TPSA) is 60.7 Å². The molecule has 0 aromatic rings. The molecule has 5 rings (SSSR count). The molecule has 8 atom stereocenters. The van der Waals surface area contributed by atoms with Gasteiger partial charge in [0.15, 0.2) is 0 Å². The molecule has 5 saturated carbocycles. The quantitative estimate of drug-likeness (QED) is 0.695. The van der Waals surface area contributed by atoms with Crippen molar-refractivity contribution in [3.8, 4) is 0 Å². The number of fused-ring (bicyclic) bond motifs is 12. The Morgan fingerprint density at radius 3 is 2.43 bits per heavy atom. The van der Waals surface area contributed by atoms with Gasteiger partial charge in [-0.1, -0.05) is 6.42 Å². The second-order valence-electron chi connectivity index (χ2n) is 8.98. The van der Waals surface area contributed by atoms with Crippen molar-refractivity contribution in [1.82, 2.24) is 0 Å². The maximum absolute atomic E-state index is 10.6. The van der Waals surface area contributed by atoms with Gasteiger partial charge in [-0.15, -0.1) is 0 Å². The zero-order chi connectivity index (χ0) is 14.5. The monoisotopic (exact) mass is 292 g/mol. The molecule has 21 heavy (non-hydrogen) atoms. The van der Waals surface area contributed by atoms with Gasteiger partial charge in [-0.2, -0.15) is 0 Å². The van der Waals surface area contributed by atoms with Crippen LogP contribution in [0, 0.1) is 45.8 Å². The van der Waals surface area contributed by atoms with E-state index in [9.17, 15) is 15.3 Å². The summed E-state index contributed by atoms with van der Waals surface area (Å²) >= 11 is 0. The average molecular weight is 292 g/mol. The molecule has 3 heteroatoms. The van der Waals surface area contributed by atoms with E-state index in [1.807, 2.05) is 0 Å². The van der Waals surface area contributed by atoms with E-state index in [-0.39, 0.29) is 36.1 Å². The number of hydrogen-bond acceptors (Lipinski definition) is 3. The first kappa shape index (κ1) is 13.3. The van der Waals surface area contributed by atoms with E-state index < -0.39 is 0 Å². The van der Waals surface area contributed by atoms with E-state index in [0.29, 0.717) is 17.8 Å². The van der Waals surface area contributed by atoms with Crippen LogP contribution in [-0.2, 0) is 0 Å². The molecule has 8 unspecified atom stereocenters. The largest absolute Gasteiger partial charge is 0.396 e. The van der Waals surface area contributed by atoms with Crippen molar-refractivity contribution in [3.05, 3.63) is 0 Å². The summed E-state index contributed by atoms with van der Waals surface area (Å²) in [5.41, 5.74) is -0.360. The molecular formula is C18H28O3. The zero-order valence-electron chi connectivity index (χ0n) is 12.8. The van der Waals surface area contributed by atoms with E-state index in [2.05, 4.69) is 0 Å². The van der Waals surface area contributed by atoms with Gasteiger partial charge < -0.3 is 15.3 Å². The smallest absolute Gasteiger partial charge is 0.0502 e. The Morgan fingerprint density at radius 1 is 0.857 bits per heavy atom. The second-order valence-corrected chi connectivity index (χ2v) is 8.98. The van der Waals surface area contributed by atoms with Crippen LogP contribution in [0.2, 0.25) is 0 Å². The third kappa shape index (κ3) is 1.08. The highest BCUT2D eigenvalue weighted by molar-refractivity contribution is 5.30. The molecule has 0 spiro atoms. The Hall–Kier alpha value is -0.120. The van der Waals surface area contributed by atoms with Crippen LogP contribution in [0.25, 0.3) is 0 Å². The Balaban J connectivity index is 1.73. The zero-order valence-corrected chi connectivity index (χ0v) is 12.8. The average Bonchev–Trinajstić information content (AvgIpc) is 3.26. The summed E-state index contributed by atoms with van der Waals surface area (Å²) in [6, 6.07) is 0. The Kier molecular flexibility index (Phi) is 2.45. The Morgan fingerprint density at radius 2 is 1.71 bits per heavy atom. The van der Waals surface area contributed by atoms with Crippen molar-refractivity contribution in [2.45, 2.75) is 44.9 Å². The van der Waals surface area contributed by atoms with E-state index in [4.69, 9.17) is 0 Å². The lowest BCUT2D eigenvalue weighted by molar-refractivity contribution is -0.190. The fourth-order valence-electron chi connectivity index (χ4n) is 9.07. The summed E-state index contributed by atoms with van der Waals surface area (Å²) in [6.07, 6.45) is 8.42. The van der Waals surface area contributed by atoms with Gasteiger partial charge in [0.05, 0.1) is 6.61 Å². The van der Waals surface area contributed by atoms with Crippen molar-refractivity contribution in [1.29, 1.82) is 0 Å². The molecule has 0 saturated heterocycles. The molecule has 0 aromatic carbocycles. The molecule has 4 bridgehead atoms. The summed E-state index contributed by atoms with van der Waals surface area (Å²) in [4.78, 5) is 0. The molecule has 0 aliphatic heterocycles. The molecule has 0 radical (unpaired) electrons. The number of rotatable bonds is 3. The van der Waals surface area contributed by atoms with Gasteiger partial charge in [0.2, 0.25) is 0 Å². The Bertz CT molecular complexity index is 479. The highest BCUT2D eigenvalue weighted by atomic mass is 16.3. The molecule has 0 heterocycles. The summed E-state index contributed by atoms with van der Waals surface area (Å²) < 4.78 is 0. The standard InChI is InChI=1S/C18H28O3/c19-8-16-5-4-11(6-16)15-13-7-17(9-20,18(15,16)10-21)14-3-1-2-12(13)14/h11-15,19-21H,1-10H2. The minimum atomic E-state index is -0.178. The number of aliphatic hydroxyl groups excluding tert-OH is 3. The second kappa shape index (κ2) is 3.85. The van der Waals surface area contributed by atoms with Gasteiger partial charge in [0.25, 0.3) is 0 Å². The molecule has 5 fully saturated rings. The van der Waals surface area contributed by atoms with Gasteiger partial charge >= 0.3 is 0 Å². The van der Waals surface area contributed by atoms with Crippen LogP contribution in [0.5, 0.6) is 0 Å². The molecule has 0 amide bonds. The van der Waals surface area contributed by atoms with Crippen molar-refractivity contribution in [2.75, 3.05) is 19.8 Å². The summed E-state index contributed by atoms with van der Waals surface area (Å²) in [5.74, 6) is 3.41. The Labute approximate surface area is 126 Å². The van der Waals surface area contributed by atoms with Crippen LogP contribution in [-0.4, -0.2) is 35.1 Å². The summed E-state index contributed by atoms with van der Waals surface area (Å²) in [6.45, 7) is 0.637. The van der Waals surface area contributed by atoms with Gasteiger partial charge in [0, 0.05) is 29.5 Å². The van der Waals surface area contributed by atoms with Crippen LogP contribution in [0.15, 0.2) is 0 Å². The first-order valence-corrected chi connectivity index (χ1v) is 9.02. The van der Waals surface area contributed by atoms with E-state index in [1.165, 1.54) is 25.7 Å². The van der Waals surface area contributed by atoms with E-state index >= 15 is 0 Å². The minimum Gasteiger partial charge on any atom is -0.396 e. The first-order valence-electron chi connectivity index (χ1n) is 9.02. The molecule has 5 aliphatic rings. The van der Waals surface area contributed by atoms with Crippen LogP contribution in [0.4, 0.5) is 0 Å². The van der Waals surface area contributed by atoms with Gasteiger partial charge in [-0.3, -0.25) is 0 Å². The minimum absolute atomic E-state index is 0.0872. The van der Waals surface area contributed by atoms with Crippen LogP contribution in [0.3, 0.4) is 0 Å².